The van der Waals surface area contributed by atoms with Crippen molar-refractivity contribution in [2.24, 2.45) is 5.92 Å². The number of aliphatic carboxylic acids is 1. The van der Waals surface area contributed by atoms with E-state index in [9.17, 15) is 14.7 Å². The number of benzene rings is 2. The zero-order valence-electron chi connectivity index (χ0n) is 12.8. The number of carbonyl (C=O) groups excluding carboxylic acids is 1. The number of halogens is 1. The average Bonchev–Trinajstić information content (AvgIpc) is 2.55. The molecule has 2 aromatic carbocycles. The number of amides is 1. The molecule has 1 atom stereocenters. The van der Waals surface area contributed by atoms with Gasteiger partial charge in [0.15, 0.2) is 0 Å². The fraction of sp³-hybridized carbons (Fsp3) is 0.222. The highest BCUT2D eigenvalue weighted by molar-refractivity contribution is 9.10. The Hall–Kier alpha value is -2.14. The molecule has 120 valence electrons. The van der Waals surface area contributed by atoms with Crippen LogP contribution in [-0.4, -0.2) is 23.5 Å². The second-order valence-electron chi connectivity index (χ2n) is 5.10. The Morgan fingerprint density at radius 1 is 1.09 bits per heavy atom. The quantitative estimate of drug-likeness (QED) is 0.782. The highest BCUT2D eigenvalue weighted by Gasteiger charge is 2.31. The van der Waals surface area contributed by atoms with Crippen LogP contribution in [-0.2, 0) is 16.0 Å². The largest absolute Gasteiger partial charge is 0.481 e. The van der Waals surface area contributed by atoms with E-state index in [1.54, 1.807) is 12.1 Å². The third kappa shape index (κ3) is 4.20. The molecule has 0 fully saturated rings. The monoisotopic (exact) mass is 375 g/mol. The standard InChI is InChI=1S/C18H18BrNO3/c1-2-20(14-9-4-3-5-10-14)17(21)15(18(22)23)12-13-8-6-7-11-16(13)19/h3-11,15H,2,12H2,1H3,(H,22,23). The molecular weight excluding hydrogens is 358 g/mol. The predicted octanol–water partition coefficient (Wildman–Crippen LogP) is 3.75. The maximum atomic E-state index is 12.8. The number of hydrogen-bond acceptors (Lipinski definition) is 2. The van der Waals surface area contributed by atoms with Crippen LogP contribution in [0.15, 0.2) is 59.1 Å². The smallest absolute Gasteiger partial charge is 0.316 e. The summed E-state index contributed by atoms with van der Waals surface area (Å²) in [6.07, 6.45) is 0.152. The van der Waals surface area contributed by atoms with Crippen molar-refractivity contribution in [2.45, 2.75) is 13.3 Å². The van der Waals surface area contributed by atoms with Gasteiger partial charge in [0.1, 0.15) is 5.92 Å². The lowest BCUT2D eigenvalue weighted by molar-refractivity contribution is -0.146. The number of anilines is 1. The Kier molecular flexibility index (Phi) is 5.93. The molecule has 1 unspecified atom stereocenters. The molecule has 0 heterocycles. The molecule has 0 aromatic heterocycles. The summed E-state index contributed by atoms with van der Waals surface area (Å²) in [4.78, 5) is 25.9. The molecule has 5 heteroatoms. The number of carboxylic acids is 1. The Bertz CT molecular complexity index is 688. The number of para-hydroxylation sites is 1. The first-order valence-corrected chi connectivity index (χ1v) is 8.16. The van der Waals surface area contributed by atoms with E-state index < -0.39 is 17.8 Å². The molecule has 0 bridgehead atoms. The molecule has 0 saturated carbocycles. The van der Waals surface area contributed by atoms with Crippen molar-refractivity contribution in [3.8, 4) is 0 Å². The van der Waals surface area contributed by atoms with Crippen LogP contribution in [0, 0.1) is 5.92 Å². The van der Waals surface area contributed by atoms with Crippen molar-refractivity contribution in [2.75, 3.05) is 11.4 Å². The van der Waals surface area contributed by atoms with Crippen molar-refractivity contribution < 1.29 is 14.7 Å². The minimum absolute atomic E-state index is 0.152. The molecule has 0 radical (unpaired) electrons. The summed E-state index contributed by atoms with van der Waals surface area (Å²) in [7, 11) is 0. The van der Waals surface area contributed by atoms with Gasteiger partial charge in [-0.3, -0.25) is 9.59 Å². The van der Waals surface area contributed by atoms with E-state index in [4.69, 9.17) is 0 Å². The summed E-state index contributed by atoms with van der Waals surface area (Å²) in [6.45, 7) is 2.25. The molecule has 2 rings (SSSR count). The molecule has 1 amide bonds. The van der Waals surface area contributed by atoms with Gasteiger partial charge in [-0.05, 0) is 37.1 Å². The first kappa shape index (κ1) is 17.2. The summed E-state index contributed by atoms with van der Waals surface area (Å²) in [5.74, 6) is -2.63. The van der Waals surface area contributed by atoms with Crippen molar-refractivity contribution in [1.82, 2.24) is 0 Å². The Labute approximate surface area is 143 Å². The molecule has 4 nitrogen and oxygen atoms in total. The van der Waals surface area contributed by atoms with Crippen molar-refractivity contribution in [3.05, 3.63) is 64.6 Å². The van der Waals surface area contributed by atoms with Gasteiger partial charge in [0.05, 0.1) is 0 Å². The minimum atomic E-state index is -1.12. The van der Waals surface area contributed by atoms with Gasteiger partial charge in [0.2, 0.25) is 5.91 Å². The number of rotatable bonds is 6. The fourth-order valence-corrected chi connectivity index (χ4v) is 2.87. The van der Waals surface area contributed by atoms with E-state index in [-0.39, 0.29) is 6.42 Å². The third-order valence-corrected chi connectivity index (χ3v) is 4.40. The topological polar surface area (TPSA) is 57.6 Å². The van der Waals surface area contributed by atoms with Crippen LogP contribution in [0.1, 0.15) is 12.5 Å². The van der Waals surface area contributed by atoms with E-state index in [2.05, 4.69) is 15.9 Å². The van der Waals surface area contributed by atoms with Gasteiger partial charge >= 0.3 is 5.97 Å². The zero-order valence-corrected chi connectivity index (χ0v) is 14.4. The normalized spacial score (nSPS) is 11.7. The molecule has 0 saturated heterocycles. The molecule has 0 aliphatic heterocycles. The molecule has 2 aromatic rings. The number of carboxylic acid groups (broad SMARTS) is 1. The van der Waals surface area contributed by atoms with Crippen LogP contribution >= 0.6 is 15.9 Å². The molecule has 0 aliphatic rings. The lowest BCUT2D eigenvalue weighted by Gasteiger charge is -2.24. The van der Waals surface area contributed by atoms with Crippen molar-refractivity contribution in [1.29, 1.82) is 0 Å². The Balaban J connectivity index is 2.28. The summed E-state index contributed by atoms with van der Waals surface area (Å²) >= 11 is 3.40. The summed E-state index contributed by atoms with van der Waals surface area (Å²) in [5, 5.41) is 9.52. The minimum Gasteiger partial charge on any atom is -0.481 e. The van der Waals surface area contributed by atoms with Crippen LogP contribution in [0.2, 0.25) is 0 Å². The van der Waals surface area contributed by atoms with Crippen LogP contribution in [0.3, 0.4) is 0 Å². The number of hydrogen-bond donors (Lipinski definition) is 1. The molecule has 0 spiro atoms. The van der Waals surface area contributed by atoms with E-state index in [1.807, 2.05) is 49.4 Å². The van der Waals surface area contributed by atoms with Crippen molar-refractivity contribution in [3.63, 3.8) is 0 Å². The highest BCUT2D eigenvalue weighted by Crippen LogP contribution is 2.23. The third-order valence-electron chi connectivity index (χ3n) is 3.63. The molecule has 23 heavy (non-hydrogen) atoms. The van der Waals surface area contributed by atoms with Gasteiger partial charge in [-0.2, -0.15) is 0 Å². The molecule has 0 aliphatic carbocycles. The van der Waals surface area contributed by atoms with E-state index >= 15 is 0 Å². The van der Waals surface area contributed by atoms with Gasteiger partial charge in [-0.25, -0.2) is 0 Å². The zero-order chi connectivity index (χ0) is 16.8. The van der Waals surface area contributed by atoms with Gasteiger partial charge in [-0.1, -0.05) is 52.3 Å². The molecule has 1 N–H and O–H groups in total. The number of nitrogens with zero attached hydrogens (tertiary/aromatic N) is 1. The highest BCUT2D eigenvalue weighted by atomic mass is 79.9. The maximum absolute atomic E-state index is 12.8. The van der Waals surface area contributed by atoms with E-state index in [1.165, 1.54) is 4.90 Å². The van der Waals surface area contributed by atoms with Crippen LogP contribution in [0.5, 0.6) is 0 Å². The lowest BCUT2D eigenvalue weighted by Crippen LogP contribution is -2.40. The Morgan fingerprint density at radius 3 is 2.26 bits per heavy atom. The second-order valence-corrected chi connectivity index (χ2v) is 5.96. The van der Waals surface area contributed by atoms with Gasteiger partial charge in [-0.15, -0.1) is 0 Å². The summed E-state index contributed by atoms with van der Waals surface area (Å²) in [6, 6.07) is 16.5. The van der Waals surface area contributed by atoms with Crippen LogP contribution in [0.25, 0.3) is 0 Å². The fourth-order valence-electron chi connectivity index (χ4n) is 2.43. The lowest BCUT2D eigenvalue weighted by atomic mass is 9.97. The maximum Gasteiger partial charge on any atom is 0.316 e. The second kappa shape index (κ2) is 7.92. The Morgan fingerprint density at radius 2 is 1.70 bits per heavy atom. The SMILES string of the molecule is CCN(C(=O)C(Cc1ccccc1Br)C(=O)O)c1ccccc1. The molecular formula is C18H18BrNO3. The first-order valence-electron chi connectivity index (χ1n) is 7.37. The number of carbonyl (C=O) groups is 2. The summed E-state index contributed by atoms with van der Waals surface area (Å²) in [5.41, 5.74) is 1.51. The van der Waals surface area contributed by atoms with Crippen molar-refractivity contribution >= 4 is 33.5 Å². The van der Waals surface area contributed by atoms with Gasteiger partial charge in [0.25, 0.3) is 0 Å². The first-order chi connectivity index (χ1) is 11.0. The van der Waals surface area contributed by atoms with E-state index in [0.717, 1.165) is 10.0 Å². The van der Waals surface area contributed by atoms with E-state index in [0.29, 0.717) is 12.2 Å². The van der Waals surface area contributed by atoms with Gasteiger partial charge < -0.3 is 10.0 Å². The van der Waals surface area contributed by atoms with Crippen LogP contribution in [0.4, 0.5) is 5.69 Å². The van der Waals surface area contributed by atoms with Crippen LogP contribution < -0.4 is 4.90 Å². The van der Waals surface area contributed by atoms with Gasteiger partial charge in [0, 0.05) is 16.7 Å². The average molecular weight is 376 g/mol. The summed E-state index contributed by atoms with van der Waals surface area (Å²) < 4.78 is 0.807. The predicted molar refractivity (Wildman–Crippen MR) is 93.4 cm³/mol.